The average molecular weight is 317 g/mol. The summed E-state index contributed by atoms with van der Waals surface area (Å²) in [4.78, 5) is 2.35. The number of rotatable bonds is 4. The van der Waals surface area contributed by atoms with Crippen molar-refractivity contribution >= 4 is 16.6 Å². The van der Waals surface area contributed by atoms with Gasteiger partial charge in [0.15, 0.2) is 0 Å². The zero-order chi connectivity index (χ0) is 16.5. The molecule has 0 N–H and O–H groups in total. The first kappa shape index (κ1) is 14.6. The molecule has 3 aromatic rings. The van der Waals surface area contributed by atoms with Gasteiger partial charge >= 0.3 is 0 Å². The molecule has 4 rings (SSSR count). The number of ether oxygens (including phenoxy) is 1. The Bertz CT molecular complexity index is 914. The van der Waals surface area contributed by atoms with Crippen molar-refractivity contribution in [1.29, 1.82) is 5.26 Å². The predicted octanol–water partition coefficient (Wildman–Crippen LogP) is 4.54. The fourth-order valence-electron chi connectivity index (χ4n) is 3.13. The number of benzene rings is 2. The molecule has 2 heterocycles. The van der Waals surface area contributed by atoms with Gasteiger partial charge in [0.25, 0.3) is 0 Å². The molecule has 0 radical (unpaired) electrons. The van der Waals surface area contributed by atoms with Crippen LogP contribution in [0.3, 0.4) is 0 Å². The Morgan fingerprint density at radius 2 is 1.83 bits per heavy atom. The Morgan fingerprint density at radius 3 is 2.46 bits per heavy atom. The average Bonchev–Trinajstić information content (AvgIpc) is 2.92. The second-order valence-electron chi connectivity index (χ2n) is 6.06. The number of nitrogens with zero attached hydrogens (tertiary/aromatic N) is 3. The van der Waals surface area contributed by atoms with Gasteiger partial charge in [0, 0.05) is 42.4 Å². The lowest BCUT2D eigenvalue weighted by Crippen LogP contribution is -2.36. The van der Waals surface area contributed by atoms with Gasteiger partial charge in [-0.1, -0.05) is 0 Å². The van der Waals surface area contributed by atoms with Gasteiger partial charge < -0.3 is 14.2 Å². The summed E-state index contributed by atoms with van der Waals surface area (Å²) in [6.45, 7) is 5.20. The Labute approximate surface area is 141 Å². The van der Waals surface area contributed by atoms with Crippen LogP contribution in [0.2, 0.25) is 0 Å². The van der Waals surface area contributed by atoms with Crippen LogP contribution in [-0.2, 0) is 6.54 Å². The fraction of sp³-hybridized carbons (Fsp3) is 0.250. The molecule has 0 unspecified atom stereocenters. The van der Waals surface area contributed by atoms with Crippen LogP contribution in [0.4, 0.5) is 5.69 Å². The molecular formula is C20H19N3O. The summed E-state index contributed by atoms with van der Waals surface area (Å²) >= 11 is 0. The van der Waals surface area contributed by atoms with Gasteiger partial charge in [-0.05, 0) is 55.8 Å². The normalized spacial score (nSPS) is 13.6. The molecule has 2 aromatic carbocycles. The fourth-order valence-corrected chi connectivity index (χ4v) is 3.13. The summed E-state index contributed by atoms with van der Waals surface area (Å²) in [6, 6.07) is 16.4. The molecule has 0 aliphatic carbocycles. The minimum absolute atomic E-state index is 0.686. The molecule has 1 saturated heterocycles. The number of hydrogen-bond donors (Lipinski definition) is 0. The zero-order valence-electron chi connectivity index (χ0n) is 13.7. The van der Waals surface area contributed by atoms with E-state index in [1.165, 1.54) is 12.1 Å². The summed E-state index contributed by atoms with van der Waals surface area (Å²) in [6.07, 6.45) is 3.17. The van der Waals surface area contributed by atoms with Crippen molar-refractivity contribution < 1.29 is 4.74 Å². The smallest absolute Gasteiger partial charge is 0.128 e. The van der Waals surface area contributed by atoms with Gasteiger partial charge in [0.2, 0.25) is 0 Å². The largest absolute Gasteiger partial charge is 0.457 e. The van der Waals surface area contributed by atoms with Crippen LogP contribution in [0.1, 0.15) is 18.9 Å². The molecule has 120 valence electrons. The van der Waals surface area contributed by atoms with Gasteiger partial charge in [-0.3, -0.25) is 0 Å². The van der Waals surface area contributed by atoms with Crippen molar-refractivity contribution in [2.24, 2.45) is 0 Å². The van der Waals surface area contributed by atoms with E-state index in [0.29, 0.717) is 5.56 Å². The molecule has 0 saturated carbocycles. The molecule has 0 spiro atoms. The number of aromatic nitrogens is 1. The molecule has 1 fully saturated rings. The molecule has 24 heavy (non-hydrogen) atoms. The van der Waals surface area contributed by atoms with E-state index >= 15 is 0 Å². The van der Waals surface area contributed by atoms with Crippen molar-refractivity contribution in [2.75, 3.05) is 18.0 Å². The molecule has 4 heteroatoms. The van der Waals surface area contributed by atoms with Crippen LogP contribution >= 0.6 is 0 Å². The molecule has 1 aliphatic rings. The lowest BCUT2D eigenvalue weighted by atomic mass is 10.1. The Balaban J connectivity index is 1.61. The van der Waals surface area contributed by atoms with E-state index in [1.807, 2.05) is 36.5 Å². The molecule has 0 bridgehead atoms. The van der Waals surface area contributed by atoms with E-state index in [-0.39, 0.29) is 0 Å². The number of nitriles is 1. The van der Waals surface area contributed by atoms with Gasteiger partial charge in [-0.25, -0.2) is 0 Å². The van der Waals surface area contributed by atoms with Gasteiger partial charge in [-0.2, -0.15) is 5.26 Å². The van der Waals surface area contributed by atoms with Gasteiger partial charge in [0.1, 0.15) is 17.6 Å². The SMILES string of the molecule is CCn1cc(C#N)c2cc(Oc3ccc(N4CCC4)cc3)ccc21. The third-order valence-electron chi connectivity index (χ3n) is 4.61. The van der Waals surface area contributed by atoms with E-state index in [1.54, 1.807) is 0 Å². The molecular weight excluding hydrogens is 298 g/mol. The minimum Gasteiger partial charge on any atom is -0.457 e. The van der Waals surface area contributed by atoms with Gasteiger partial charge in [0.05, 0.1) is 5.56 Å². The predicted molar refractivity (Wildman–Crippen MR) is 95.7 cm³/mol. The van der Waals surface area contributed by atoms with Gasteiger partial charge in [-0.15, -0.1) is 0 Å². The number of anilines is 1. The Kier molecular flexibility index (Phi) is 3.62. The highest BCUT2D eigenvalue weighted by Gasteiger charge is 2.14. The summed E-state index contributed by atoms with van der Waals surface area (Å²) in [5.41, 5.74) is 3.00. The standard InChI is InChI=1S/C20H19N3O/c1-2-22-14-15(13-21)19-12-18(8-9-20(19)22)24-17-6-4-16(5-7-17)23-10-3-11-23/h4-9,12,14H,2-3,10-11H2,1H3. The summed E-state index contributed by atoms with van der Waals surface area (Å²) in [5, 5.41) is 10.3. The summed E-state index contributed by atoms with van der Waals surface area (Å²) in [5.74, 6) is 1.57. The number of hydrogen-bond acceptors (Lipinski definition) is 3. The van der Waals surface area contributed by atoms with Crippen LogP contribution < -0.4 is 9.64 Å². The van der Waals surface area contributed by atoms with E-state index in [9.17, 15) is 5.26 Å². The van der Waals surface area contributed by atoms with E-state index in [0.717, 1.165) is 42.0 Å². The monoisotopic (exact) mass is 317 g/mol. The number of aryl methyl sites for hydroxylation is 1. The third-order valence-corrected chi connectivity index (χ3v) is 4.61. The zero-order valence-corrected chi connectivity index (χ0v) is 13.7. The highest BCUT2D eigenvalue weighted by atomic mass is 16.5. The molecule has 0 amide bonds. The minimum atomic E-state index is 0.686. The Hall–Kier alpha value is -2.93. The molecule has 4 nitrogen and oxygen atoms in total. The van der Waals surface area contributed by atoms with Crippen molar-refractivity contribution in [3.63, 3.8) is 0 Å². The maximum Gasteiger partial charge on any atom is 0.128 e. The maximum atomic E-state index is 9.33. The second kappa shape index (κ2) is 5.93. The van der Waals surface area contributed by atoms with E-state index in [4.69, 9.17) is 4.74 Å². The highest BCUT2D eigenvalue weighted by Crippen LogP contribution is 2.30. The van der Waals surface area contributed by atoms with Crippen molar-refractivity contribution in [3.05, 3.63) is 54.2 Å². The van der Waals surface area contributed by atoms with Crippen LogP contribution in [0, 0.1) is 11.3 Å². The summed E-state index contributed by atoms with van der Waals surface area (Å²) in [7, 11) is 0. The van der Waals surface area contributed by atoms with Crippen LogP contribution in [0.5, 0.6) is 11.5 Å². The molecule has 0 atom stereocenters. The van der Waals surface area contributed by atoms with Crippen molar-refractivity contribution in [2.45, 2.75) is 19.9 Å². The Morgan fingerprint density at radius 1 is 1.08 bits per heavy atom. The van der Waals surface area contributed by atoms with Crippen LogP contribution in [-0.4, -0.2) is 17.7 Å². The molecule has 1 aromatic heterocycles. The number of fused-ring (bicyclic) bond motifs is 1. The third kappa shape index (κ3) is 2.48. The van der Waals surface area contributed by atoms with Crippen LogP contribution in [0.15, 0.2) is 48.7 Å². The highest BCUT2D eigenvalue weighted by molar-refractivity contribution is 5.87. The lowest BCUT2D eigenvalue weighted by Gasteiger charge is -2.33. The first-order valence-electron chi connectivity index (χ1n) is 8.34. The van der Waals surface area contributed by atoms with E-state index in [2.05, 4.69) is 34.6 Å². The van der Waals surface area contributed by atoms with E-state index < -0.39 is 0 Å². The first-order chi connectivity index (χ1) is 11.8. The first-order valence-corrected chi connectivity index (χ1v) is 8.34. The maximum absolute atomic E-state index is 9.33. The topological polar surface area (TPSA) is 41.2 Å². The van der Waals surface area contributed by atoms with Crippen LogP contribution in [0.25, 0.3) is 10.9 Å². The lowest BCUT2D eigenvalue weighted by molar-refractivity contribution is 0.483. The molecule has 1 aliphatic heterocycles. The van der Waals surface area contributed by atoms with Crippen molar-refractivity contribution in [3.8, 4) is 17.6 Å². The summed E-state index contributed by atoms with van der Waals surface area (Å²) < 4.78 is 8.06. The van der Waals surface area contributed by atoms with Crippen molar-refractivity contribution in [1.82, 2.24) is 4.57 Å². The second-order valence-corrected chi connectivity index (χ2v) is 6.06. The quantitative estimate of drug-likeness (QED) is 0.709.